The van der Waals surface area contributed by atoms with Crippen molar-refractivity contribution in [3.8, 4) is 0 Å². The molecule has 4 amide bonds. The Hall–Kier alpha value is -4.15. The maximum atomic E-state index is 13.8. The van der Waals surface area contributed by atoms with Gasteiger partial charge in [0, 0.05) is 13.0 Å². The van der Waals surface area contributed by atoms with Gasteiger partial charge in [0.1, 0.15) is 24.2 Å². The summed E-state index contributed by atoms with van der Waals surface area (Å²) in [6, 6.07) is 4.27. The Bertz CT molecular complexity index is 1020. The minimum atomic E-state index is -1.25. The average Bonchev–Trinajstić information content (AvgIpc) is 2.83. The molecule has 11 nitrogen and oxygen atoms in total. The monoisotopic (exact) mass is 516 g/mol. The number of nitrogens with zero attached hydrogens (tertiary/aromatic N) is 1. The first-order valence-corrected chi connectivity index (χ1v) is 11.6. The number of methoxy groups -OCH3 is 1. The van der Waals surface area contributed by atoms with Crippen LogP contribution in [0.25, 0.3) is 6.08 Å². The highest BCUT2D eigenvalue weighted by Crippen LogP contribution is 2.25. The molecule has 0 bridgehead atoms. The molecule has 4 N–H and O–H groups in total. The van der Waals surface area contributed by atoms with Gasteiger partial charge in [-0.05, 0) is 44.4 Å². The smallest absolute Gasteiger partial charge is 0.408 e. The van der Waals surface area contributed by atoms with Gasteiger partial charge in [-0.1, -0.05) is 36.9 Å². The zero-order chi connectivity index (χ0) is 28.2. The molecule has 0 saturated carbocycles. The van der Waals surface area contributed by atoms with Crippen molar-refractivity contribution in [1.82, 2.24) is 15.5 Å². The van der Waals surface area contributed by atoms with Crippen molar-refractivity contribution in [1.29, 1.82) is 0 Å². The van der Waals surface area contributed by atoms with Crippen molar-refractivity contribution in [2.75, 3.05) is 20.2 Å². The molecule has 37 heavy (non-hydrogen) atoms. The summed E-state index contributed by atoms with van der Waals surface area (Å²) >= 11 is 0. The lowest BCUT2D eigenvalue weighted by molar-refractivity contribution is -0.144. The summed E-state index contributed by atoms with van der Waals surface area (Å²) < 4.78 is 9.85. The van der Waals surface area contributed by atoms with E-state index in [1.54, 1.807) is 51.1 Å². The van der Waals surface area contributed by atoms with Crippen LogP contribution in [-0.2, 0) is 28.7 Å². The summed E-state index contributed by atoms with van der Waals surface area (Å²) in [5, 5.41) is 4.95. The van der Waals surface area contributed by atoms with Crippen molar-refractivity contribution in [2.45, 2.75) is 51.3 Å². The molecule has 0 fully saturated rings. The maximum absolute atomic E-state index is 13.8. The van der Waals surface area contributed by atoms with Gasteiger partial charge in [0.25, 0.3) is 0 Å². The Labute approximate surface area is 217 Å². The van der Waals surface area contributed by atoms with Gasteiger partial charge in [-0.3, -0.25) is 19.2 Å². The Morgan fingerprint density at radius 1 is 1.16 bits per heavy atom. The van der Waals surface area contributed by atoms with Crippen molar-refractivity contribution >= 4 is 35.9 Å². The minimum absolute atomic E-state index is 0.101. The number of hydrogen-bond donors (Lipinski definition) is 3. The molecule has 2 atom stereocenters. The number of carbonyl (C=O) groups is 5. The highest BCUT2D eigenvalue weighted by molar-refractivity contribution is 5.93. The maximum Gasteiger partial charge on any atom is 0.408 e. The van der Waals surface area contributed by atoms with Crippen LogP contribution >= 0.6 is 0 Å². The third kappa shape index (κ3) is 10.6. The summed E-state index contributed by atoms with van der Waals surface area (Å²) in [6.07, 6.45) is 1.76. The predicted octanol–water partition coefficient (Wildman–Crippen LogP) is 1.83. The molecule has 2 unspecified atom stereocenters. The van der Waals surface area contributed by atoms with Crippen molar-refractivity contribution < 1.29 is 33.4 Å². The molecule has 0 aliphatic carbocycles. The zero-order valence-electron chi connectivity index (χ0n) is 21.7. The van der Waals surface area contributed by atoms with Crippen molar-refractivity contribution in [2.24, 2.45) is 5.73 Å². The summed E-state index contributed by atoms with van der Waals surface area (Å²) in [6.45, 7) is 11.9. The van der Waals surface area contributed by atoms with E-state index in [-0.39, 0.29) is 19.4 Å². The second-order valence-electron chi connectivity index (χ2n) is 9.05. The molecule has 0 aromatic heterocycles. The number of amides is 4. The standard InChI is InChI=1S/C26H36N4O7/c1-7-14-30(24(34)19(12-13-20(27)31)29-25(35)37-26(3,4)5)22(23(33)28-16-21(32)36-6)18-11-9-10-17(8-2)15-18/h7-11,15,19,22H,1-2,12-14,16H2,3-6H3,(H2,27,31)(H,28,33)(H,29,35). The van der Waals surface area contributed by atoms with Crippen LogP contribution in [0.1, 0.15) is 50.8 Å². The Morgan fingerprint density at radius 3 is 2.38 bits per heavy atom. The summed E-state index contributed by atoms with van der Waals surface area (Å²) in [5.74, 6) is -2.72. The first kappa shape index (κ1) is 30.9. The number of primary amides is 1. The van der Waals surface area contributed by atoms with Gasteiger partial charge in [0.05, 0.1) is 7.11 Å². The molecule has 0 saturated heterocycles. The van der Waals surface area contributed by atoms with Gasteiger partial charge in [0.15, 0.2) is 0 Å². The van der Waals surface area contributed by atoms with E-state index < -0.39 is 54.0 Å². The van der Waals surface area contributed by atoms with E-state index in [0.717, 1.165) is 0 Å². The number of hydrogen-bond acceptors (Lipinski definition) is 7. The lowest BCUT2D eigenvalue weighted by Gasteiger charge is -2.34. The number of alkyl carbamates (subject to hydrolysis) is 1. The van der Waals surface area contributed by atoms with Crippen LogP contribution in [-0.4, -0.2) is 66.5 Å². The quantitative estimate of drug-likeness (QED) is 0.267. The number of ether oxygens (including phenoxy) is 2. The molecule has 0 aliphatic rings. The Morgan fingerprint density at radius 2 is 1.84 bits per heavy atom. The fourth-order valence-corrected chi connectivity index (χ4v) is 3.31. The molecule has 0 aliphatic heterocycles. The number of nitrogens with two attached hydrogens (primary N) is 1. The first-order chi connectivity index (χ1) is 17.3. The first-order valence-electron chi connectivity index (χ1n) is 11.6. The summed E-state index contributed by atoms with van der Waals surface area (Å²) in [5.41, 5.74) is 5.54. The van der Waals surface area contributed by atoms with Crippen LogP contribution < -0.4 is 16.4 Å². The molecular weight excluding hydrogens is 480 g/mol. The third-order valence-corrected chi connectivity index (χ3v) is 4.93. The van der Waals surface area contributed by atoms with Crippen LogP contribution in [0.4, 0.5) is 4.79 Å². The SMILES string of the molecule is C=CCN(C(=O)C(CCC(N)=O)NC(=O)OC(C)(C)C)C(C(=O)NCC(=O)OC)c1cccc(C=C)c1. The predicted molar refractivity (Wildman–Crippen MR) is 138 cm³/mol. The van der Waals surface area contributed by atoms with Gasteiger partial charge in [-0.25, -0.2) is 4.79 Å². The normalized spacial score (nSPS) is 12.3. The van der Waals surface area contributed by atoms with E-state index in [1.165, 1.54) is 18.1 Å². The number of rotatable bonds is 13. The third-order valence-electron chi connectivity index (χ3n) is 4.93. The van der Waals surface area contributed by atoms with E-state index in [9.17, 15) is 24.0 Å². The highest BCUT2D eigenvalue weighted by Gasteiger charge is 2.36. The van der Waals surface area contributed by atoms with Crippen LogP contribution in [0.2, 0.25) is 0 Å². The molecule has 202 valence electrons. The van der Waals surface area contributed by atoms with E-state index in [1.807, 2.05) is 0 Å². The number of nitrogens with one attached hydrogen (secondary N) is 2. The minimum Gasteiger partial charge on any atom is -0.468 e. The van der Waals surface area contributed by atoms with Crippen LogP contribution in [0.3, 0.4) is 0 Å². The highest BCUT2D eigenvalue weighted by atomic mass is 16.6. The van der Waals surface area contributed by atoms with Crippen molar-refractivity contribution in [3.63, 3.8) is 0 Å². The second-order valence-corrected chi connectivity index (χ2v) is 9.05. The zero-order valence-corrected chi connectivity index (χ0v) is 21.7. The van der Waals surface area contributed by atoms with Crippen LogP contribution in [0, 0.1) is 0 Å². The largest absolute Gasteiger partial charge is 0.468 e. The van der Waals surface area contributed by atoms with Gasteiger partial charge in [-0.2, -0.15) is 0 Å². The molecule has 0 heterocycles. The molecule has 11 heteroatoms. The van der Waals surface area contributed by atoms with Crippen LogP contribution in [0.5, 0.6) is 0 Å². The average molecular weight is 517 g/mol. The van der Waals surface area contributed by atoms with E-state index in [0.29, 0.717) is 11.1 Å². The van der Waals surface area contributed by atoms with Gasteiger partial charge < -0.3 is 30.7 Å². The molecule has 0 spiro atoms. The topological polar surface area (TPSA) is 157 Å². The Kier molecular flexibility index (Phi) is 12.0. The van der Waals surface area contributed by atoms with Gasteiger partial charge >= 0.3 is 12.1 Å². The van der Waals surface area contributed by atoms with Crippen LogP contribution in [0.15, 0.2) is 43.5 Å². The Balaban J connectivity index is 3.49. The number of esters is 1. The van der Waals surface area contributed by atoms with Crippen molar-refractivity contribution in [3.05, 3.63) is 54.6 Å². The van der Waals surface area contributed by atoms with Gasteiger partial charge in [-0.15, -0.1) is 6.58 Å². The van der Waals surface area contributed by atoms with E-state index in [2.05, 4.69) is 28.5 Å². The van der Waals surface area contributed by atoms with E-state index >= 15 is 0 Å². The number of carbonyl (C=O) groups excluding carboxylic acids is 5. The lowest BCUT2D eigenvalue weighted by atomic mass is 9.99. The molecule has 1 aromatic rings. The van der Waals surface area contributed by atoms with Gasteiger partial charge in [0.2, 0.25) is 17.7 Å². The second kappa shape index (κ2) is 14.4. The summed E-state index contributed by atoms with van der Waals surface area (Å²) in [7, 11) is 1.18. The fourth-order valence-electron chi connectivity index (χ4n) is 3.31. The fraction of sp³-hybridized carbons (Fsp3) is 0.423. The lowest BCUT2D eigenvalue weighted by Crippen LogP contribution is -2.53. The van der Waals surface area contributed by atoms with E-state index in [4.69, 9.17) is 10.5 Å². The summed E-state index contributed by atoms with van der Waals surface area (Å²) in [4.78, 5) is 63.9. The number of benzene rings is 1. The molecule has 1 rings (SSSR count). The molecular formula is C26H36N4O7. The molecule has 1 aromatic carbocycles. The molecule has 0 radical (unpaired) electrons.